The lowest BCUT2D eigenvalue weighted by atomic mass is 10.1. The Labute approximate surface area is 217 Å². The first-order chi connectivity index (χ1) is 17.8. The highest BCUT2D eigenvalue weighted by molar-refractivity contribution is 7.86. The van der Waals surface area contributed by atoms with Gasteiger partial charge in [0.25, 0.3) is 0 Å². The van der Waals surface area contributed by atoms with Gasteiger partial charge in [0.05, 0.1) is 16.9 Å². The number of hydrogen-bond donors (Lipinski definition) is 1. The molecule has 0 amide bonds. The van der Waals surface area contributed by atoms with Crippen molar-refractivity contribution in [1.29, 1.82) is 0 Å². The van der Waals surface area contributed by atoms with Crippen LogP contribution in [-0.4, -0.2) is 32.1 Å². The monoisotopic (exact) mass is 518 g/mol. The highest BCUT2D eigenvalue weighted by Crippen LogP contribution is 2.36. The van der Waals surface area contributed by atoms with Gasteiger partial charge < -0.3 is 14.4 Å². The van der Waals surface area contributed by atoms with E-state index >= 15 is 0 Å². The van der Waals surface area contributed by atoms with Crippen LogP contribution >= 0.6 is 0 Å². The van der Waals surface area contributed by atoms with Gasteiger partial charge in [-0.15, -0.1) is 0 Å². The minimum absolute atomic E-state index is 0.132. The molecule has 1 aromatic heterocycles. The Bertz CT molecular complexity index is 1500. The van der Waals surface area contributed by atoms with Gasteiger partial charge in [-0.3, -0.25) is 4.31 Å². The number of rotatable bonds is 7. The van der Waals surface area contributed by atoms with Gasteiger partial charge in [-0.25, -0.2) is 13.4 Å². The van der Waals surface area contributed by atoms with E-state index < -0.39 is 17.0 Å². The van der Waals surface area contributed by atoms with Gasteiger partial charge >= 0.3 is 5.97 Å². The van der Waals surface area contributed by atoms with Crippen LogP contribution in [0.2, 0.25) is 0 Å². The van der Waals surface area contributed by atoms with Gasteiger partial charge in [0, 0.05) is 29.2 Å². The van der Waals surface area contributed by atoms with Crippen molar-refractivity contribution in [1.82, 2.24) is 4.57 Å². The van der Waals surface area contributed by atoms with Crippen LogP contribution in [0, 0.1) is 19.7 Å². The first kappa shape index (κ1) is 24.8. The Morgan fingerprint density at radius 2 is 1.76 bits per heavy atom. The third kappa shape index (κ3) is 5.15. The molecule has 0 aliphatic carbocycles. The van der Waals surface area contributed by atoms with Crippen molar-refractivity contribution in [2.24, 2.45) is 0 Å². The highest BCUT2D eigenvalue weighted by Gasteiger charge is 2.23. The summed E-state index contributed by atoms with van der Waals surface area (Å²) in [6, 6.07) is 21.2. The van der Waals surface area contributed by atoms with Crippen LogP contribution < -0.4 is 9.04 Å². The zero-order valence-corrected chi connectivity index (χ0v) is 21.4. The summed E-state index contributed by atoms with van der Waals surface area (Å²) < 4.78 is 35.8. The number of nitrogens with zero attached hydrogens (tertiary/aromatic N) is 2. The van der Waals surface area contributed by atoms with Gasteiger partial charge in [0.1, 0.15) is 29.2 Å². The Kier molecular flexibility index (Phi) is 6.84. The second kappa shape index (κ2) is 10.2. The standard InChI is InChI=1S/C29H27FN2O4S/c1-19-4-11-28(36-18-21-6-8-23(30)9-7-21)26(14-19)27-10-5-20(2)32(27)25-16-22(29(33)34)15-24(17-25)31-12-3-13-37(31)35/h4-11,14-17H,3,12-13,18H2,1-2H3,(H,33,34). The van der Waals surface area contributed by atoms with E-state index in [0.29, 0.717) is 29.4 Å². The second-order valence-electron chi connectivity index (χ2n) is 9.13. The SMILES string of the molecule is Cc1ccc(OCc2ccc(F)cc2)c(-c2ccc(C)n2-c2cc(C(=O)O)cc(N3CCCS3=O)c2)c1. The molecule has 0 radical (unpaired) electrons. The summed E-state index contributed by atoms with van der Waals surface area (Å²) in [6.07, 6.45) is 0.797. The molecule has 1 atom stereocenters. The molecule has 1 unspecified atom stereocenters. The van der Waals surface area contributed by atoms with Gasteiger partial charge in [-0.05, 0) is 80.4 Å². The summed E-state index contributed by atoms with van der Waals surface area (Å²) in [5.41, 5.74) is 5.92. The number of aromatic nitrogens is 1. The van der Waals surface area contributed by atoms with Crippen LogP contribution in [-0.2, 0) is 17.6 Å². The molecule has 1 fully saturated rings. The lowest BCUT2D eigenvalue weighted by Crippen LogP contribution is -2.20. The second-order valence-corrected chi connectivity index (χ2v) is 10.6. The van der Waals surface area contributed by atoms with E-state index in [4.69, 9.17) is 4.74 Å². The molecule has 2 heterocycles. The molecule has 0 saturated carbocycles. The van der Waals surface area contributed by atoms with Gasteiger partial charge in [-0.1, -0.05) is 23.8 Å². The number of ether oxygens (including phenoxy) is 1. The average molecular weight is 519 g/mol. The minimum atomic E-state index is -1.18. The molecule has 37 heavy (non-hydrogen) atoms. The molecule has 6 nitrogen and oxygen atoms in total. The van der Waals surface area contributed by atoms with Crippen molar-refractivity contribution in [3.8, 4) is 22.7 Å². The summed E-state index contributed by atoms with van der Waals surface area (Å²) in [5.74, 6) is -0.116. The predicted molar refractivity (Wildman–Crippen MR) is 143 cm³/mol. The smallest absolute Gasteiger partial charge is 0.335 e. The topological polar surface area (TPSA) is 71.8 Å². The quantitative estimate of drug-likeness (QED) is 0.323. The van der Waals surface area contributed by atoms with Gasteiger partial charge in [-0.2, -0.15) is 0 Å². The molecule has 4 aromatic rings. The van der Waals surface area contributed by atoms with E-state index in [1.54, 1.807) is 28.6 Å². The number of carboxylic acid groups (broad SMARTS) is 1. The Morgan fingerprint density at radius 3 is 2.46 bits per heavy atom. The Balaban J connectivity index is 1.59. The van der Waals surface area contributed by atoms with Crippen molar-refractivity contribution in [2.45, 2.75) is 26.9 Å². The van der Waals surface area contributed by atoms with Crippen molar-refractivity contribution in [2.75, 3.05) is 16.6 Å². The molecule has 3 aromatic carbocycles. The molecular formula is C29H27FN2O4S. The number of benzene rings is 3. The molecule has 1 aliphatic heterocycles. The van der Waals surface area contributed by atoms with Crippen molar-refractivity contribution in [3.63, 3.8) is 0 Å². The normalized spacial score (nSPS) is 15.2. The number of hydrogen-bond acceptors (Lipinski definition) is 3. The van der Waals surface area contributed by atoms with E-state index in [9.17, 15) is 18.5 Å². The van der Waals surface area contributed by atoms with Gasteiger partial charge in [0.15, 0.2) is 0 Å². The summed E-state index contributed by atoms with van der Waals surface area (Å²) in [5, 5.41) is 9.82. The van der Waals surface area contributed by atoms with Crippen LogP contribution in [0.5, 0.6) is 5.75 Å². The Morgan fingerprint density at radius 1 is 1.00 bits per heavy atom. The van der Waals surface area contributed by atoms with Crippen molar-refractivity contribution < 1.29 is 23.2 Å². The fourth-order valence-electron chi connectivity index (χ4n) is 4.59. The summed E-state index contributed by atoms with van der Waals surface area (Å²) in [4.78, 5) is 12.0. The fraction of sp³-hybridized carbons (Fsp3) is 0.207. The molecule has 0 bridgehead atoms. The molecule has 0 spiro atoms. The molecule has 190 valence electrons. The zero-order chi connectivity index (χ0) is 26.1. The maximum atomic E-state index is 13.3. The summed E-state index contributed by atoms with van der Waals surface area (Å²) in [6.45, 7) is 4.85. The van der Waals surface area contributed by atoms with Gasteiger partial charge in [0.2, 0.25) is 0 Å². The molecule has 1 saturated heterocycles. The van der Waals surface area contributed by atoms with E-state index in [2.05, 4.69) is 0 Å². The molecule has 8 heteroatoms. The van der Waals surface area contributed by atoms with Crippen LogP contribution in [0.4, 0.5) is 10.1 Å². The van der Waals surface area contributed by atoms with Crippen LogP contribution in [0.1, 0.15) is 33.6 Å². The molecular weight excluding hydrogens is 491 g/mol. The maximum Gasteiger partial charge on any atom is 0.335 e. The number of aryl methyl sites for hydroxylation is 2. The first-order valence-electron chi connectivity index (χ1n) is 12.0. The van der Waals surface area contributed by atoms with E-state index in [0.717, 1.165) is 34.5 Å². The summed E-state index contributed by atoms with van der Waals surface area (Å²) in [7, 11) is -1.18. The first-order valence-corrected chi connectivity index (χ1v) is 13.3. The van der Waals surface area contributed by atoms with E-state index in [1.807, 2.05) is 54.8 Å². The summed E-state index contributed by atoms with van der Waals surface area (Å²) >= 11 is 0. The fourth-order valence-corrected chi connectivity index (χ4v) is 5.85. The number of aromatic carboxylic acids is 1. The number of carboxylic acids is 1. The van der Waals surface area contributed by atoms with Crippen molar-refractivity contribution in [3.05, 3.63) is 101 Å². The average Bonchev–Trinajstić information content (AvgIpc) is 3.49. The predicted octanol–water partition coefficient (Wildman–Crippen LogP) is 6.05. The van der Waals surface area contributed by atoms with E-state index in [-0.39, 0.29) is 18.0 Å². The third-order valence-electron chi connectivity index (χ3n) is 6.42. The van der Waals surface area contributed by atoms with E-state index in [1.165, 1.54) is 12.1 Å². The zero-order valence-electron chi connectivity index (χ0n) is 20.6. The van der Waals surface area contributed by atoms with Crippen LogP contribution in [0.25, 0.3) is 16.9 Å². The van der Waals surface area contributed by atoms with Crippen LogP contribution in [0.3, 0.4) is 0 Å². The highest BCUT2D eigenvalue weighted by atomic mass is 32.2. The van der Waals surface area contributed by atoms with Crippen LogP contribution in [0.15, 0.2) is 72.8 Å². The lowest BCUT2D eigenvalue weighted by molar-refractivity contribution is 0.0697. The molecule has 1 N–H and O–H groups in total. The third-order valence-corrected chi connectivity index (χ3v) is 7.94. The minimum Gasteiger partial charge on any atom is -0.488 e. The number of carbonyl (C=O) groups is 1. The molecule has 5 rings (SSSR count). The maximum absolute atomic E-state index is 13.3. The largest absolute Gasteiger partial charge is 0.488 e. The number of anilines is 1. The number of halogens is 1. The Hall–Kier alpha value is -3.91. The van der Waals surface area contributed by atoms with Crippen molar-refractivity contribution >= 4 is 22.6 Å². The lowest BCUT2D eigenvalue weighted by Gasteiger charge is -2.21. The molecule has 1 aliphatic rings.